The van der Waals surface area contributed by atoms with Crippen LogP contribution in [0, 0.1) is 46.0 Å². The van der Waals surface area contributed by atoms with Crippen LogP contribution in [0.25, 0.3) is 0 Å². The van der Waals surface area contributed by atoms with Gasteiger partial charge in [-0.1, -0.05) is 53.4 Å². The maximum absolute atomic E-state index is 13.3. The Balaban J connectivity index is 1.70. The van der Waals surface area contributed by atoms with Gasteiger partial charge in [0.2, 0.25) is 15.9 Å². The molecular formula is C26H32N2O3S. The summed E-state index contributed by atoms with van der Waals surface area (Å²) < 4.78 is 28.2. The molecule has 1 aliphatic heterocycles. The number of amides is 1. The minimum Gasteiger partial charge on any atom is -0.327 e. The van der Waals surface area contributed by atoms with E-state index in [9.17, 15) is 13.2 Å². The van der Waals surface area contributed by atoms with Crippen LogP contribution in [-0.2, 0) is 21.4 Å². The van der Waals surface area contributed by atoms with Gasteiger partial charge in [0, 0.05) is 25.6 Å². The van der Waals surface area contributed by atoms with Crippen LogP contribution in [0.1, 0.15) is 40.7 Å². The number of carbonyl (C=O) groups is 1. The van der Waals surface area contributed by atoms with Gasteiger partial charge in [-0.05, 0) is 57.2 Å². The summed E-state index contributed by atoms with van der Waals surface area (Å²) in [4.78, 5) is 15.3. The number of hydrogen-bond donors (Lipinski definition) is 0. The molecule has 2 aromatic rings. The lowest BCUT2D eigenvalue weighted by atomic mass is 9.96. The number of benzene rings is 2. The lowest BCUT2D eigenvalue weighted by Crippen LogP contribution is -2.44. The summed E-state index contributed by atoms with van der Waals surface area (Å²) in [6.07, 6.45) is 6.52. The standard InChI is InChI=1S/C26H32N2O3S/c1-6-13-27(18-23-9-7-19(2)8-10-23)26(29)24-11-14-28(15-12-24)32(30,31)25-21(4)16-20(3)17-22(25)5/h1,7-10,16-17,24H,11-15,18H2,2-5H3. The largest absolute Gasteiger partial charge is 0.327 e. The number of aryl methyl sites for hydroxylation is 4. The fourth-order valence-corrected chi connectivity index (χ4v) is 6.42. The normalized spacial score (nSPS) is 15.3. The first-order valence-electron chi connectivity index (χ1n) is 11.0. The maximum atomic E-state index is 13.3. The molecule has 5 nitrogen and oxygen atoms in total. The Morgan fingerprint density at radius 2 is 1.59 bits per heavy atom. The van der Waals surface area contributed by atoms with Crippen LogP contribution in [-0.4, -0.2) is 43.2 Å². The average molecular weight is 453 g/mol. The van der Waals surface area contributed by atoms with Crippen molar-refractivity contribution in [1.29, 1.82) is 0 Å². The molecule has 0 aromatic heterocycles. The third-order valence-electron chi connectivity index (χ3n) is 6.09. The molecule has 0 bridgehead atoms. The fraction of sp³-hybridized carbons (Fsp3) is 0.423. The van der Waals surface area contributed by atoms with E-state index in [0.29, 0.717) is 37.4 Å². The number of carbonyl (C=O) groups excluding carboxylic acids is 1. The van der Waals surface area contributed by atoms with Crippen molar-refractivity contribution in [3.8, 4) is 12.3 Å². The molecule has 1 amide bonds. The predicted molar refractivity (Wildman–Crippen MR) is 128 cm³/mol. The highest BCUT2D eigenvalue weighted by molar-refractivity contribution is 7.89. The van der Waals surface area contributed by atoms with Gasteiger partial charge in [0.1, 0.15) is 0 Å². The van der Waals surface area contributed by atoms with Crippen molar-refractivity contribution in [3.05, 3.63) is 64.2 Å². The first kappa shape index (κ1) is 24.0. The zero-order valence-electron chi connectivity index (χ0n) is 19.4. The molecule has 6 heteroatoms. The lowest BCUT2D eigenvalue weighted by molar-refractivity contribution is -0.136. The van der Waals surface area contributed by atoms with Gasteiger partial charge in [-0.25, -0.2) is 8.42 Å². The van der Waals surface area contributed by atoms with Gasteiger partial charge in [0.05, 0.1) is 11.4 Å². The zero-order chi connectivity index (χ0) is 23.5. The minimum atomic E-state index is -3.60. The van der Waals surface area contributed by atoms with Crippen LogP contribution in [0.5, 0.6) is 0 Å². The van der Waals surface area contributed by atoms with Crippen molar-refractivity contribution in [3.63, 3.8) is 0 Å². The second-order valence-corrected chi connectivity index (χ2v) is 10.7. The summed E-state index contributed by atoms with van der Waals surface area (Å²) in [5.41, 5.74) is 4.77. The summed E-state index contributed by atoms with van der Waals surface area (Å²) >= 11 is 0. The fourth-order valence-electron chi connectivity index (χ4n) is 4.54. The first-order chi connectivity index (χ1) is 15.1. The summed E-state index contributed by atoms with van der Waals surface area (Å²) in [6, 6.07) is 11.9. The molecule has 0 atom stereocenters. The third kappa shape index (κ3) is 5.23. The van der Waals surface area contributed by atoms with E-state index in [0.717, 1.165) is 27.8 Å². The number of hydrogen-bond acceptors (Lipinski definition) is 3. The molecule has 0 N–H and O–H groups in total. The number of piperidine rings is 1. The van der Waals surface area contributed by atoms with Gasteiger partial charge in [-0.15, -0.1) is 6.42 Å². The molecule has 2 aromatic carbocycles. The van der Waals surface area contributed by atoms with E-state index < -0.39 is 10.0 Å². The molecule has 0 spiro atoms. The summed E-state index contributed by atoms with van der Waals surface area (Å²) in [6.45, 7) is 9.04. The van der Waals surface area contributed by atoms with Gasteiger partial charge >= 0.3 is 0 Å². The van der Waals surface area contributed by atoms with E-state index in [2.05, 4.69) is 5.92 Å². The SMILES string of the molecule is C#CCN(Cc1ccc(C)cc1)C(=O)C1CCN(S(=O)(=O)c2c(C)cc(C)cc2C)CC1. The lowest BCUT2D eigenvalue weighted by Gasteiger charge is -2.33. The van der Waals surface area contributed by atoms with Gasteiger partial charge in [0.25, 0.3) is 0 Å². The minimum absolute atomic E-state index is 0.00303. The smallest absolute Gasteiger partial charge is 0.243 e. The topological polar surface area (TPSA) is 57.7 Å². The van der Waals surface area contributed by atoms with Gasteiger partial charge in [-0.2, -0.15) is 4.31 Å². The molecule has 0 saturated carbocycles. The van der Waals surface area contributed by atoms with Crippen LogP contribution >= 0.6 is 0 Å². The van der Waals surface area contributed by atoms with Crippen molar-refractivity contribution in [2.45, 2.75) is 52.0 Å². The Morgan fingerprint density at radius 3 is 2.12 bits per heavy atom. The molecule has 0 aliphatic carbocycles. The third-order valence-corrected chi connectivity index (χ3v) is 8.30. The van der Waals surface area contributed by atoms with E-state index in [1.807, 2.05) is 64.1 Å². The molecule has 3 rings (SSSR count). The number of terminal acetylenes is 1. The molecule has 1 fully saturated rings. The molecule has 170 valence electrons. The highest BCUT2D eigenvalue weighted by atomic mass is 32.2. The van der Waals surface area contributed by atoms with Crippen molar-refractivity contribution in [2.75, 3.05) is 19.6 Å². The quantitative estimate of drug-likeness (QED) is 0.623. The summed E-state index contributed by atoms with van der Waals surface area (Å²) in [5, 5.41) is 0. The van der Waals surface area contributed by atoms with Crippen molar-refractivity contribution >= 4 is 15.9 Å². The molecule has 0 radical (unpaired) electrons. The second-order valence-electron chi connectivity index (χ2n) is 8.79. The van der Waals surface area contributed by atoms with Crippen molar-refractivity contribution < 1.29 is 13.2 Å². The summed E-state index contributed by atoms with van der Waals surface area (Å²) in [7, 11) is -3.60. The van der Waals surface area contributed by atoms with Gasteiger partial charge in [-0.3, -0.25) is 4.79 Å². The Hall–Kier alpha value is -2.62. The Labute approximate surface area is 192 Å². The average Bonchev–Trinajstić information content (AvgIpc) is 2.73. The van der Waals surface area contributed by atoms with E-state index in [4.69, 9.17) is 6.42 Å². The molecule has 1 heterocycles. The highest BCUT2D eigenvalue weighted by Gasteiger charge is 2.35. The van der Waals surface area contributed by atoms with Gasteiger partial charge in [0.15, 0.2) is 0 Å². The monoisotopic (exact) mass is 452 g/mol. The van der Waals surface area contributed by atoms with E-state index in [-0.39, 0.29) is 18.4 Å². The Kier molecular flexibility index (Phi) is 7.43. The Morgan fingerprint density at radius 1 is 1.03 bits per heavy atom. The maximum Gasteiger partial charge on any atom is 0.243 e. The molecular weight excluding hydrogens is 420 g/mol. The first-order valence-corrected chi connectivity index (χ1v) is 12.4. The van der Waals surface area contributed by atoms with E-state index in [1.165, 1.54) is 4.31 Å². The molecule has 32 heavy (non-hydrogen) atoms. The summed E-state index contributed by atoms with van der Waals surface area (Å²) in [5.74, 6) is 2.37. The Bertz CT molecular complexity index is 1100. The van der Waals surface area contributed by atoms with Gasteiger partial charge < -0.3 is 4.90 Å². The molecule has 1 saturated heterocycles. The zero-order valence-corrected chi connectivity index (χ0v) is 20.2. The number of rotatable bonds is 6. The van der Waals surface area contributed by atoms with Crippen LogP contribution in [0.3, 0.4) is 0 Å². The number of nitrogens with zero attached hydrogens (tertiary/aromatic N) is 2. The second kappa shape index (κ2) is 9.89. The van der Waals surface area contributed by atoms with Crippen LogP contribution in [0.2, 0.25) is 0 Å². The van der Waals surface area contributed by atoms with Crippen molar-refractivity contribution in [2.24, 2.45) is 5.92 Å². The van der Waals surface area contributed by atoms with Crippen molar-refractivity contribution in [1.82, 2.24) is 9.21 Å². The van der Waals surface area contributed by atoms with E-state index in [1.54, 1.807) is 4.90 Å². The highest BCUT2D eigenvalue weighted by Crippen LogP contribution is 2.29. The van der Waals surface area contributed by atoms with Crippen LogP contribution < -0.4 is 0 Å². The van der Waals surface area contributed by atoms with Crippen LogP contribution in [0.4, 0.5) is 0 Å². The van der Waals surface area contributed by atoms with E-state index >= 15 is 0 Å². The van der Waals surface area contributed by atoms with Crippen LogP contribution in [0.15, 0.2) is 41.3 Å². The molecule has 1 aliphatic rings. The molecule has 0 unspecified atom stereocenters. The number of sulfonamides is 1. The predicted octanol–water partition coefficient (Wildman–Crippen LogP) is 3.98.